The van der Waals surface area contributed by atoms with Crippen LogP contribution in [-0.4, -0.2) is 35.0 Å². The standard InChI is InChI=1S/C20H28O4/c1-3-19(22)15-13-11-9-7-5-4-6-8-10-12-14-16-20(23)17-24-18(2)21/h3,14,16,19-20,22-23H,1,4-8,10,12,17H2,2H3/b16-14-/t19-,20+/m1/s1. The van der Waals surface area contributed by atoms with Crippen LogP contribution in [0.25, 0.3) is 0 Å². The zero-order valence-corrected chi connectivity index (χ0v) is 14.5. The normalized spacial score (nSPS) is 12.5. The second kappa shape index (κ2) is 15.9. The van der Waals surface area contributed by atoms with Crippen LogP contribution >= 0.6 is 0 Å². The van der Waals surface area contributed by atoms with Crippen LogP contribution in [0.5, 0.6) is 0 Å². The molecule has 0 saturated carbocycles. The Morgan fingerprint density at radius 1 is 1.17 bits per heavy atom. The van der Waals surface area contributed by atoms with Gasteiger partial charge in [0, 0.05) is 13.3 Å². The highest BCUT2D eigenvalue weighted by Gasteiger charge is 2.00. The Morgan fingerprint density at radius 3 is 2.58 bits per heavy atom. The van der Waals surface area contributed by atoms with Gasteiger partial charge in [-0.2, -0.15) is 0 Å². The van der Waals surface area contributed by atoms with E-state index in [0.29, 0.717) is 0 Å². The molecule has 0 bridgehead atoms. The third kappa shape index (κ3) is 16.4. The molecule has 0 aliphatic rings. The number of ether oxygens (including phenoxy) is 1. The van der Waals surface area contributed by atoms with Crippen molar-refractivity contribution in [1.82, 2.24) is 0 Å². The molecule has 4 nitrogen and oxygen atoms in total. The number of esters is 1. The Kier molecular flexibility index (Phi) is 14.5. The summed E-state index contributed by atoms with van der Waals surface area (Å²) in [5, 5.41) is 18.6. The fourth-order valence-electron chi connectivity index (χ4n) is 1.79. The molecule has 24 heavy (non-hydrogen) atoms. The van der Waals surface area contributed by atoms with Crippen LogP contribution in [0.4, 0.5) is 0 Å². The van der Waals surface area contributed by atoms with E-state index in [1.165, 1.54) is 13.0 Å². The summed E-state index contributed by atoms with van der Waals surface area (Å²) in [4.78, 5) is 10.6. The lowest BCUT2D eigenvalue weighted by molar-refractivity contribution is -0.143. The Hall–Kier alpha value is -2.01. The number of allylic oxidation sites excluding steroid dienone is 1. The van der Waals surface area contributed by atoms with Crippen molar-refractivity contribution in [3.63, 3.8) is 0 Å². The van der Waals surface area contributed by atoms with E-state index < -0.39 is 12.2 Å². The van der Waals surface area contributed by atoms with Crippen LogP contribution in [0.2, 0.25) is 0 Å². The topological polar surface area (TPSA) is 66.8 Å². The first-order chi connectivity index (χ1) is 11.6. The average molecular weight is 332 g/mol. The number of rotatable bonds is 11. The fourth-order valence-corrected chi connectivity index (χ4v) is 1.79. The number of unbranched alkanes of at least 4 members (excludes halogenated alkanes) is 6. The first kappa shape index (κ1) is 22.0. The second-order valence-corrected chi connectivity index (χ2v) is 5.36. The Balaban J connectivity index is 3.48. The maximum Gasteiger partial charge on any atom is 0.302 e. The minimum Gasteiger partial charge on any atom is -0.463 e. The molecule has 4 heteroatoms. The highest BCUT2D eigenvalue weighted by atomic mass is 16.5. The van der Waals surface area contributed by atoms with Gasteiger partial charge < -0.3 is 14.9 Å². The van der Waals surface area contributed by atoms with Crippen LogP contribution < -0.4 is 0 Å². The smallest absolute Gasteiger partial charge is 0.302 e. The third-order valence-electron chi connectivity index (χ3n) is 3.08. The predicted molar refractivity (Wildman–Crippen MR) is 95.9 cm³/mol. The first-order valence-electron chi connectivity index (χ1n) is 8.33. The van der Waals surface area contributed by atoms with Gasteiger partial charge in [-0.25, -0.2) is 0 Å². The summed E-state index contributed by atoms with van der Waals surface area (Å²) >= 11 is 0. The van der Waals surface area contributed by atoms with E-state index in [-0.39, 0.29) is 12.6 Å². The van der Waals surface area contributed by atoms with E-state index in [2.05, 4.69) is 30.3 Å². The van der Waals surface area contributed by atoms with Crippen LogP contribution in [0.1, 0.15) is 51.9 Å². The number of hydrogen-bond acceptors (Lipinski definition) is 4. The molecule has 0 unspecified atom stereocenters. The number of aliphatic hydroxyl groups is 2. The van der Waals surface area contributed by atoms with Gasteiger partial charge in [0.1, 0.15) is 18.8 Å². The molecule has 0 radical (unpaired) electrons. The van der Waals surface area contributed by atoms with Crippen LogP contribution in [0.15, 0.2) is 24.8 Å². The molecule has 0 aliphatic heterocycles. The Labute approximate surface area is 145 Å². The van der Waals surface area contributed by atoms with Crippen molar-refractivity contribution >= 4 is 5.97 Å². The average Bonchev–Trinajstić information content (AvgIpc) is 2.56. The third-order valence-corrected chi connectivity index (χ3v) is 3.08. The molecule has 0 aromatic carbocycles. The van der Waals surface area contributed by atoms with Crippen molar-refractivity contribution in [3.05, 3.63) is 24.8 Å². The van der Waals surface area contributed by atoms with Gasteiger partial charge in [-0.3, -0.25) is 4.79 Å². The zero-order valence-electron chi connectivity index (χ0n) is 14.5. The monoisotopic (exact) mass is 332 g/mol. The van der Waals surface area contributed by atoms with Crippen molar-refractivity contribution < 1.29 is 19.7 Å². The maximum atomic E-state index is 10.6. The molecular weight excluding hydrogens is 304 g/mol. The zero-order chi connectivity index (χ0) is 18.0. The minimum absolute atomic E-state index is 0.0177. The summed E-state index contributed by atoms with van der Waals surface area (Å²) in [7, 11) is 0. The van der Waals surface area contributed by atoms with Crippen LogP contribution in [-0.2, 0) is 9.53 Å². The van der Waals surface area contributed by atoms with Crippen molar-refractivity contribution in [1.29, 1.82) is 0 Å². The first-order valence-corrected chi connectivity index (χ1v) is 8.33. The van der Waals surface area contributed by atoms with Gasteiger partial charge in [-0.15, -0.1) is 0 Å². The summed E-state index contributed by atoms with van der Waals surface area (Å²) in [5.41, 5.74) is 0. The Bertz CT molecular complexity index is 499. The molecule has 0 aromatic heterocycles. The van der Waals surface area contributed by atoms with E-state index in [1.54, 1.807) is 6.08 Å². The van der Waals surface area contributed by atoms with Crippen molar-refractivity contribution in [2.24, 2.45) is 0 Å². The highest BCUT2D eigenvalue weighted by molar-refractivity contribution is 5.65. The quantitative estimate of drug-likeness (QED) is 0.264. The van der Waals surface area contributed by atoms with Crippen molar-refractivity contribution in [2.45, 2.75) is 64.1 Å². The molecule has 0 fully saturated rings. The summed E-state index contributed by atoms with van der Waals surface area (Å²) in [6.45, 7) is 4.76. The lowest BCUT2D eigenvalue weighted by Gasteiger charge is -2.05. The van der Waals surface area contributed by atoms with Crippen molar-refractivity contribution in [3.8, 4) is 23.7 Å². The van der Waals surface area contributed by atoms with Gasteiger partial charge >= 0.3 is 5.97 Å². The SMILES string of the molecule is C=C[C@@H](O)C#CC#CCCCCCCC/C=C\[C@H](O)COC(C)=O. The summed E-state index contributed by atoms with van der Waals surface area (Å²) in [6.07, 6.45) is 10.7. The molecule has 0 amide bonds. The molecule has 0 saturated heterocycles. The molecule has 2 atom stereocenters. The summed E-state index contributed by atoms with van der Waals surface area (Å²) in [5.74, 6) is 10.4. The predicted octanol–water partition coefficient (Wildman–Crippen LogP) is 2.75. The summed E-state index contributed by atoms with van der Waals surface area (Å²) < 4.78 is 4.70. The van der Waals surface area contributed by atoms with Gasteiger partial charge in [0.05, 0.1) is 0 Å². The molecular formula is C20H28O4. The second-order valence-electron chi connectivity index (χ2n) is 5.36. The van der Waals surface area contributed by atoms with E-state index in [4.69, 9.17) is 9.84 Å². The fraction of sp³-hybridized carbons (Fsp3) is 0.550. The lowest BCUT2D eigenvalue weighted by Crippen LogP contribution is -2.14. The molecule has 0 aromatic rings. The lowest BCUT2D eigenvalue weighted by atomic mass is 10.1. The van der Waals surface area contributed by atoms with Crippen LogP contribution in [0.3, 0.4) is 0 Å². The van der Waals surface area contributed by atoms with Gasteiger partial charge in [0.2, 0.25) is 0 Å². The largest absolute Gasteiger partial charge is 0.463 e. The Morgan fingerprint density at radius 2 is 1.88 bits per heavy atom. The molecule has 0 aliphatic carbocycles. The van der Waals surface area contributed by atoms with Crippen LogP contribution in [0, 0.1) is 23.7 Å². The molecule has 0 spiro atoms. The summed E-state index contributed by atoms with van der Waals surface area (Å²) in [6, 6.07) is 0. The highest BCUT2D eigenvalue weighted by Crippen LogP contribution is 2.07. The molecule has 2 N–H and O–H groups in total. The maximum absolute atomic E-state index is 10.6. The molecule has 132 valence electrons. The minimum atomic E-state index is -0.795. The number of carbonyl (C=O) groups is 1. The van der Waals surface area contributed by atoms with E-state index in [9.17, 15) is 9.90 Å². The van der Waals surface area contributed by atoms with Gasteiger partial charge in [0.25, 0.3) is 0 Å². The number of aliphatic hydroxyl groups excluding tert-OH is 2. The van der Waals surface area contributed by atoms with E-state index in [1.807, 2.05) is 6.08 Å². The van der Waals surface area contributed by atoms with E-state index >= 15 is 0 Å². The molecule has 0 rings (SSSR count). The van der Waals surface area contributed by atoms with Gasteiger partial charge in [0.15, 0.2) is 0 Å². The van der Waals surface area contributed by atoms with E-state index in [0.717, 1.165) is 44.9 Å². The molecule has 0 heterocycles. The van der Waals surface area contributed by atoms with Gasteiger partial charge in [-0.05, 0) is 31.1 Å². The number of carbonyl (C=O) groups excluding carboxylic acids is 1. The number of hydrogen-bond donors (Lipinski definition) is 2. The van der Waals surface area contributed by atoms with Crippen molar-refractivity contribution in [2.75, 3.05) is 6.61 Å². The van der Waals surface area contributed by atoms with Gasteiger partial charge in [-0.1, -0.05) is 55.9 Å².